The second-order valence-electron chi connectivity index (χ2n) is 4.59. The van der Waals surface area contributed by atoms with Crippen LogP contribution < -0.4 is 5.84 Å². The van der Waals surface area contributed by atoms with Gasteiger partial charge in [0.05, 0.1) is 13.0 Å². The molecule has 0 bridgehead atoms. The van der Waals surface area contributed by atoms with Gasteiger partial charge in [0.2, 0.25) is 5.91 Å². The molecule has 18 heavy (non-hydrogen) atoms. The quantitative estimate of drug-likeness (QED) is 0.363. The molecule has 0 radical (unpaired) electrons. The molecule has 2 saturated heterocycles. The van der Waals surface area contributed by atoms with Crippen molar-refractivity contribution in [1.29, 1.82) is 0 Å². The van der Waals surface area contributed by atoms with Crippen molar-refractivity contribution in [3.8, 4) is 0 Å². The number of piperidine rings is 1. The Morgan fingerprint density at radius 1 is 1.39 bits per heavy atom. The Kier molecular flexibility index (Phi) is 3.51. The van der Waals surface area contributed by atoms with Gasteiger partial charge < -0.3 is 9.64 Å². The van der Waals surface area contributed by atoms with E-state index in [2.05, 4.69) is 0 Å². The second kappa shape index (κ2) is 4.93. The zero-order valence-corrected chi connectivity index (χ0v) is 10.3. The van der Waals surface area contributed by atoms with Crippen molar-refractivity contribution in [2.45, 2.75) is 25.3 Å². The molecule has 7 heteroatoms. The van der Waals surface area contributed by atoms with Crippen LogP contribution in [-0.4, -0.2) is 53.9 Å². The minimum absolute atomic E-state index is 0.130. The molecule has 0 aromatic rings. The molecule has 100 valence electrons. The fourth-order valence-corrected chi connectivity index (χ4v) is 2.62. The summed E-state index contributed by atoms with van der Waals surface area (Å²) in [5.74, 6) is 4.03. The molecule has 7 nitrogen and oxygen atoms in total. The summed E-state index contributed by atoms with van der Waals surface area (Å²) in [5.41, 5.74) is 0. The Balaban J connectivity index is 2.32. The summed E-state index contributed by atoms with van der Waals surface area (Å²) in [5, 5.41) is 1.03. The summed E-state index contributed by atoms with van der Waals surface area (Å²) in [7, 11) is 1.28. The van der Waals surface area contributed by atoms with Gasteiger partial charge in [-0.2, -0.15) is 0 Å². The van der Waals surface area contributed by atoms with Gasteiger partial charge in [-0.15, -0.1) is 0 Å². The SMILES string of the molecule is COC(=O)C1CCCN2C(=O)CCN(N)C(=O)C12. The molecule has 2 rings (SSSR count). The zero-order valence-electron chi connectivity index (χ0n) is 10.3. The van der Waals surface area contributed by atoms with Crippen molar-refractivity contribution in [3.05, 3.63) is 0 Å². The Bertz CT molecular complexity index is 384. The van der Waals surface area contributed by atoms with Crippen molar-refractivity contribution in [2.75, 3.05) is 20.2 Å². The number of carbonyl (C=O) groups is 3. The summed E-state index contributed by atoms with van der Waals surface area (Å²) < 4.78 is 4.71. The molecule has 2 aliphatic heterocycles. The van der Waals surface area contributed by atoms with Gasteiger partial charge in [-0.1, -0.05) is 0 Å². The van der Waals surface area contributed by atoms with E-state index in [-0.39, 0.29) is 24.8 Å². The highest BCUT2D eigenvalue weighted by Crippen LogP contribution is 2.28. The highest BCUT2D eigenvalue weighted by Gasteiger charge is 2.46. The fraction of sp³-hybridized carbons (Fsp3) is 0.727. The van der Waals surface area contributed by atoms with Gasteiger partial charge in [0, 0.05) is 19.5 Å². The number of hydrogen-bond acceptors (Lipinski definition) is 5. The number of hydrogen-bond donors (Lipinski definition) is 1. The van der Waals surface area contributed by atoms with Crippen LogP contribution in [0.5, 0.6) is 0 Å². The lowest BCUT2D eigenvalue weighted by Gasteiger charge is -2.38. The maximum absolute atomic E-state index is 12.2. The lowest BCUT2D eigenvalue weighted by Crippen LogP contribution is -2.57. The van der Waals surface area contributed by atoms with Gasteiger partial charge in [-0.25, -0.2) is 5.84 Å². The van der Waals surface area contributed by atoms with Crippen molar-refractivity contribution in [1.82, 2.24) is 9.91 Å². The summed E-state index contributed by atoms with van der Waals surface area (Å²) in [6.07, 6.45) is 1.44. The number of methoxy groups -OCH3 is 1. The summed E-state index contributed by atoms with van der Waals surface area (Å²) in [6, 6.07) is -0.800. The predicted octanol–water partition coefficient (Wildman–Crippen LogP) is -1.13. The summed E-state index contributed by atoms with van der Waals surface area (Å²) in [4.78, 5) is 37.3. The van der Waals surface area contributed by atoms with Gasteiger partial charge in [-0.05, 0) is 12.8 Å². The Labute approximate surface area is 105 Å². The normalized spacial score (nSPS) is 28.8. The molecule has 2 fully saturated rings. The largest absolute Gasteiger partial charge is 0.469 e. The first-order valence-corrected chi connectivity index (χ1v) is 5.99. The number of ether oxygens (including phenoxy) is 1. The maximum atomic E-state index is 12.2. The molecule has 0 aromatic heterocycles. The monoisotopic (exact) mass is 255 g/mol. The Morgan fingerprint density at radius 2 is 2.11 bits per heavy atom. The van der Waals surface area contributed by atoms with Gasteiger partial charge in [0.1, 0.15) is 6.04 Å². The van der Waals surface area contributed by atoms with E-state index in [0.29, 0.717) is 19.4 Å². The molecule has 2 N–H and O–H groups in total. The van der Waals surface area contributed by atoms with Crippen LogP contribution >= 0.6 is 0 Å². The molecule has 0 spiro atoms. The highest BCUT2D eigenvalue weighted by molar-refractivity contribution is 5.93. The molecule has 0 aliphatic carbocycles. The number of rotatable bonds is 1. The average Bonchev–Trinajstić information content (AvgIpc) is 2.50. The number of hydrazine groups is 1. The van der Waals surface area contributed by atoms with Crippen LogP contribution in [0, 0.1) is 5.92 Å². The third kappa shape index (κ3) is 2.05. The van der Waals surface area contributed by atoms with Crippen molar-refractivity contribution < 1.29 is 19.1 Å². The van der Waals surface area contributed by atoms with Crippen molar-refractivity contribution in [2.24, 2.45) is 11.8 Å². The first-order valence-electron chi connectivity index (χ1n) is 5.99. The first kappa shape index (κ1) is 12.8. The van der Waals surface area contributed by atoms with Crippen LogP contribution in [0.3, 0.4) is 0 Å². The molecular formula is C11H17N3O4. The Morgan fingerprint density at radius 3 is 2.78 bits per heavy atom. The molecule has 2 atom stereocenters. The summed E-state index contributed by atoms with van der Waals surface area (Å²) in [6.45, 7) is 0.690. The second-order valence-corrected chi connectivity index (χ2v) is 4.59. The number of fused-ring (bicyclic) bond motifs is 1. The molecule has 0 saturated carbocycles. The minimum atomic E-state index is -0.800. The first-order chi connectivity index (χ1) is 8.56. The number of esters is 1. The molecule has 2 heterocycles. The zero-order chi connectivity index (χ0) is 13.3. The molecule has 2 unspecified atom stereocenters. The number of nitrogens with zero attached hydrogens (tertiary/aromatic N) is 2. The average molecular weight is 255 g/mol. The van der Waals surface area contributed by atoms with E-state index in [1.165, 1.54) is 12.0 Å². The van der Waals surface area contributed by atoms with Crippen LogP contribution in [0.1, 0.15) is 19.3 Å². The van der Waals surface area contributed by atoms with Crippen molar-refractivity contribution in [3.63, 3.8) is 0 Å². The smallest absolute Gasteiger partial charge is 0.311 e. The van der Waals surface area contributed by atoms with Gasteiger partial charge >= 0.3 is 5.97 Å². The minimum Gasteiger partial charge on any atom is -0.469 e. The van der Waals surface area contributed by atoms with E-state index < -0.39 is 17.9 Å². The number of amides is 2. The standard InChI is InChI=1S/C11H17N3O4/c1-18-11(17)7-3-2-5-13-8(15)4-6-14(12)10(16)9(7)13/h7,9H,2-6,12H2,1H3. The van der Waals surface area contributed by atoms with Crippen LogP contribution in [0.2, 0.25) is 0 Å². The van der Waals surface area contributed by atoms with E-state index >= 15 is 0 Å². The maximum Gasteiger partial charge on any atom is 0.311 e. The van der Waals surface area contributed by atoms with Gasteiger partial charge in [0.25, 0.3) is 5.91 Å². The van der Waals surface area contributed by atoms with Crippen LogP contribution in [0.15, 0.2) is 0 Å². The third-order valence-electron chi connectivity index (χ3n) is 3.56. The van der Waals surface area contributed by atoms with Crippen molar-refractivity contribution >= 4 is 17.8 Å². The summed E-state index contributed by atoms with van der Waals surface area (Å²) >= 11 is 0. The lowest BCUT2D eigenvalue weighted by atomic mass is 9.88. The van der Waals surface area contributed by atoms with Gasteiger partial charge in [0.15, 0.2) is 0 Å². The van der Waals surface area contributed by atoms with E-state index in [0.717, 1.165) is 5.01 Å². The number of nitrogens with two attached hydrogens (primary N) is 1. The van der Waals surface area contributed by atoms with E-state index in [4.69, 9.17) is 10.6 Å². The Hall–Kier alpha value is -1.63. The van der Waals surface area contributed by atoms with Crippen LogP contribution in [0.25, 0.3) is 0 Å². The lowest BCUT2D eigenvalue weighted by molar-refractivity contribution is -0.158. The molecule has 0 aromatic carbocycles. The van der Waals surface area contributed by atoms with Crippen LogP contribution in [0.4, 0.5) is 0 Å². The van der Waals surface area contributed by atoms with E-state index in [1.54, 1.807) is 0 Å². The van der Waals surface area contributed by atoms with Crippen LogP contribution in [-0.2, 0) is 19.1 Å². The molecule has 2 aliphatic rings. The van der Waals surface area contributed by atoms with E-state index in [9.17, 15) is 14.4 Å². The molecule has 2 amide bonds. The fourth-order valence-electron chi connectivity index (χ4n) is 2.62. The third-order valence-corrected chi connectivity index (χ3v) is 3.56. The predicted molar refractivity (Wildman–Crippen MR) is 60.8 cm³/mol. The van der Waals surface area contributed by atoms with E-state index in [1.807, 2.05) is 0 Å². The van der Waals surface area contributed by atoms with Gasteiger partial charge in [-0.3, -0.25) is 19.4 Å². The number of carbonyl (C=O) groups excluding carboxylic acids is 3. The molecular weight excluding hydrogens is 238 g/mol. The highest BCUT2D eigenvalue weighted by atomic mass is 16.5. The topological polar surface area (TPSA) is 92.9 Å².